The van der Waals surface area contributed by atoms with Crippen LogP contribution in [0.25, 0.3) is 0 Å². The Hall–Kier alpha value is -1.65. The average molecular weight is 334 g/mol. The summed E-state index contributed by atoms with van der Waals surface area (Å²) in [6.07, 6.45) is 0. The number of fused-ring (bicyclic) bond motifs is 1. The van der Waals surface area contributed by atoms with Gasteiger partial charge in [0.05, 0.1) is 13.1 Å². The maximum atomic E-state index is 14.6. The zero-order valence-corrected chi connectivity index (χ0v) is 14.5. The van der Waals surface area contributed by atoms with Gasteiger partial charge in [-0.25, -0.2) is 4.39 Å². The molecular weight excluding hydrogens is 317 g/mol. The van der Waals surface area contributed by atoms with Crippen molar-refractivity contribution in [2.24, 2.45) is 0 Å². The van der Waals surface area contributed by atoms with E-state index in [1.807, 2.05) is 0 Å². The second kappa shape index (κ2) is 4.93. The monoisotopic (exact) mass is 333 g/mol. The number of rotatable bonds is 2. The van der Waals surface area contributed by atoms with E-state index in [1.165, 1.54) is 6.07 Å². The van der Waals surface area contributed by atoms with Gasteiger partial charge in [-0.15, -0.1) is 0 Å². The highest BCUT2D eigenvalue weighted by Gasteiger charge is 2.57. The summed E-state index contributed by atoms with van der Waals surface area (Å²) >= 11 is 6.16. The van der Waals surface area contributed by atoms with Crippen molar-refractivity contribution in [3.8, 4) is 0 Å². The molecule has 2 aromatic carbocycles. The molecule has 1 aliphatic rings. The molecule has 0 bridgehead atoms. The van der Waals surface area contributed by atoms with Crippen molar-refractivity contribution in [2.45, 2.75) is 24.7 Å². The van der Waals surface area contributed by atoms with Crippen LogP contribution in [0.1, 0.15) is 11.1 Å². The Kier molecular flexibility index (Phi) is 3.42. The van der Waals surface area contributed by atoms with Gasteiger partial charge in [0.2, 0.25) is 5.91 Å². The lowest BCUT2D eigenvalue weighted by Gasteiger charge is -2.39. The number of hydrogen-bond acceptors (Lipinski definition) is 1. The average Bonchev–Trinajstić information content (AvgIpc) is 2.71. The van der Waals surface area contributed by atoms with Gasteiger partial charge in [-0.05, 0) is 29.8 Å². The molecule has 0 radical (unpaired) electrons. The summed E-state index contributed by atoms with van der Waals surface area (Å²) in [5, 5.41) is 2.49. The third kappa shape index (κ3) is 1.94. The molecule has 5 heteroatoms. The Morgan fingerprint density at radius 1 is 1.09 bits per heavy atom. The number of nitrogens with one attached hydrogen (secondary N) is 1. The van der Waals surface area contributed by atoms with Crippen LogP contribution >= 0.6 is 11.6 Å². The van der Waals surface area contributed by atoms with Gasteiger partial charge in [0, 0.05) is 16.3 Å². The summed E-state index contributed by atoms with van der Waals surface area (Å²) in [4.78, 5) is 13.0. The zero-order valence-electron chi connectivity index (χ0n) is 12.7. The van der Waals surface area contributed by atoms with E-state index >= 15 is 0 Å². The highest BCUT2D eigenvalue weighted by Crippen LogP contribution is 2.50. The first-order valence-corrected chi connectivity index (χ1v) is 11.0. The Labute approximate surface area is 135 Å². The summed E-state index contributed by atoms with van der Waals surface area (Å²) in [5.74, 6) is -0.512. The minimum atomic E-state index is -2.19. The van der Waals surface area contributed by atoms with Crippen LogP contribution in [0.15, 0.2) is 42.5 Å². The molecule has 0 saturated carbocycles. The zero-order chi connectivity index (χ0) is 16.1. The highest BCUT2D eigenvalue weighted by molar-refractivity contribution is 6.84. The smallest absolute Gasteiger partial charge is 0.236 e. The van der Waals surface area contributed by atoms with E-state index in [-0.39, 0.29) is 11.7 Å². The van der Waals surface area contributed by atoms with E-state index in [1.54, 1.807) is 36.4 Å². The van der Waals surface area contributed by atoms with Gasteiger partial charge >= 0.3 is 0 Å². The first kappa shape index (κ1) is 15.3. The van der Waals surface area contributed by atoms with Crippen molar-refractivity contribution in [1.82, 2.24) is 0 Å². The van der Waals surface area contributed by atoms with Crippen molar-refractivity contribution in [2.75, 3.05) is 5.32 Å². The van der Waals surface area contributed by atoms with Crippen molar-refractivity contribution in [3.05, 3.63) is 64.4 Å². The molecule has 3 rings (SSSR count). The van der Waals surface area contributed by atoms with Crippen molar-refractivity contribution >= 4 is 31.3 Å². The van der Waals surface area contributed by atoms with Crippen molar-refractivity contribution in [3.63, 3.8) is 0 Å². The number of hydrogen-bond donors (Lipinski definition) is 1. The first-order chi connectivity index (χ1) is 10.3. The van der Waals surface area contributed by atoms with Crippen molar-refractivity contribution < 1.29 is 9.18 Å². The van der Waals surface area contributed by atoms with E-state index in [9.17, 15) is 9.18 Å². The number of carbonyl (C=O) groups is 1. The van der Waals surface area contributed by atoms with Crippen molar-refractivity contribution in [1.29, 1.82) is 0 Å². The first-order valence-electron chi connectivity index (χ1n) is 7.15. The minimum absolute atomic E-state index is 0.158. The summed E-state index contributed by atoms with van der Waals surface area (Å²) < 4.78 is 14.6. The fourth-order valence-corrected chi connectivity index (χ4v) is 6.40. The third-order valence-electron chi connectivity index (χ3n) is 4.38. The Morgan fingerprint density at radius 2 is 1.77 bits per heavy atom. The maximum absolute atomic E-state index is 14.6. The predicted octanol–water partition coefficient (Wildman–Crippen LogP) is 4.59. The fourth-order valence-electron chi connectivity index (χ4n) is 3.46. The molecular formula is C17H17ClFNOSi. The molecule has 0 aliphatic carbocycles. The van der Waals surface area contributed by atoms with Gasteiger partial charge in [0.1, 0.15) is 5.82 Å². The molecule has 1 amide bonds. The molecule has 0 spiro atoms. The molecule has 1 atom stereocenters. The molecule has 2 aromatic rings. The number of anilines is 1. The number of halogens is 2. The van der Waals surface area contributed by atoms with Crippen LogP contribution < -0.4 is 5.32 Å². The van der Waals surface area contributed by atoms with E-state index in [4.69, 9.17) is 11.6 Å². The summed E-state index contributed by atoms with van der Waals surface area (Å²) in [6.45, 7) is 6.24. The van der Waals surface area contributed by atoms with Gasteiger partial charge in [0.15, 0.2) is 0 Å². The summed E-state index contributed by atoms with van der Waals surface area (Å²) in [5.41, 5.74) is 1.95. The molecule has 1 unspecified atom stereocenters. The molecule has 1 N–H and O–H groups in total. The molecule has 0 fully saturated rings. The third-order valence-corrected chi connectivity index (χ3v) is 7.63. The lowest BCUT2D eigenvalue weighted by molar-refractivity contribution is -0.117. The molecule has 0 aromatic heterocycles. The fraction of sp³-hybridized carbons (Fsp3) is 0.235. The van der Waals surface area contributed by atoms with Crippen LogP contribution in [0.2, 0.25) is 24.7 Å². The predicted molar refractivity (Wildman–Crippen MR) is 90.6 cm³/mol. The van der Waals surface area contributed by atoms with Gasteiger partial charge in [-0.2, -0.15) is 0 Å². The van der Waals surface area contributed by atoms with Crippen LogP contribution in [-0.4, -0.2) is 14.0 Å². The highest BCUT2D eigenvalue weighted by atomic mass is 35.5. The summed E-state index contributed by atoms with van der Waals surface area (Å²) in [6, 6.07) is 11.9. The second-order valence-electron chi connectivity index (χ2n) is 6.62. The molecule has 114 valence electrons. The largest absolute Gasteiger partial charge is 0.325 e. The molecule has 22 heavy (non-hydrogen) atoms. The lowest BCUT2D eigenvalue weighted by Crippen LogP contribution is -2.55. The van der Waals surface area contributed by atoms with Crippen LogP contribution in [0.5, 0.6) is 0 Å². The van der Waals surface area contributed by atoms with Crippen LogP contribution in [0.3, 0.4) is 0 Å². The van der Waals surface area contributed by atoms with E-state index in [0.29, 0.717) is 10.6 Å². The number of amides is 1. The number of benzene rings is 2. The van der Waals surface area contributed by atoms with E-state index < -0.39 is 13.1 Å². The topological polar surface area (TPSA) is 29.1 Å². The van der Waals surface area contributed by atoms with E-state index in [0.717, 1.165) is 11.3 Å². The summed E-state index contributed by atoms with van der Waals surface area (Å²) in [7, 11) is -2.19. The van der Waals surface area contributed by atoms with Gasteiger partial charge in [0.25, 0.3) is 0 Å². The van der Waals surface area contributed by atoms with Crippen LogP contribution in [-0.2, 0) is 9.83 Å². The Morgan fingerprint density at radius 3 is 2.41 bits per heavy atom. The lowest BCUT2D eigenvalue weighted by atomic mass is 9.90. The quantitative estimate of drug-likeness (QED) is 0.800. The molecule has 1 heterocycles. The Balaban J connectivity index is 2.42. The van der Waals surface area contributed by atoms with Gasteiger partial charge in [-0.3, -0.25) is 4.79 Å². The molecule has 1 aliphatic heterocycles. The van der Waals surface area contributed by atoms with E-state index in [2.05, 4.69) is 25.0 Å². The SMILES string of the molecule is C[Si](C)(C)C1(c2ccccc2F)C(=O)Nc2ccc(Cl)cc21. The Bertz CT molecular complexity index is 771. The number of carbonyl (C=O) groups excluding carboxylic acids is 1. The molecule has 2 nitrogen and oxygen atoms in total. The minimum Gasteiger partial charge on any atom is -0.325 e. The second-order valence-corrected chi connectivity index (χ2v) is 12.3. The van der Waals surface area contributed by atoms with Crippen LogP contribution in [0, 0.1) is 5.82 Å². The maximum Gasteiger partial charge on any atom is 0.236 e. The normalized spacial score (nSPS) is 20.7. The standard InChI is InChI=1S/C17H17ClFNOSi/c1-22(2,3)17(12-6-4-5-7-14(12)19)13-10-11(18)8-9-15(13)20-16(17)21/h4-10H,1-3H3,(H,20,21). The van der Waals surface area contributed by atoms with Gasteiger partial charge < -0.3 is 5.32 Å². The molecule has 0 saturated heterocycles. The van der Waals surface area contributed by atoms with Gasteiger partial charge in [-0.1, -0.05) is 49.4 Å². The van der Waals surface area contributed by atoms with Crippen LogP contribution in [0.4, 0.5) is 10.1 Å².